The van der Waals surface area contributed by atoms with E-state index >= 15 is 0 Å². The first-order valence-corrected chi connectivity index (χ1v) is 8.07. The molecule has 0 N–H and O–H groups in total. The molecule has 2 aromatic rings. The highest BCUT2D eigenvalue weighted by Gasteiger charge is 2.09. The van der Waals surface area contributed by atoms with E-state index in [2.05, 4.69) is 69.1 Å². The van der Waals surface area contributed by atoms with Crippen molar-refractivity contribution < 1.29 is 0 Å². The van der Waals surface area contributed by atoms with Crippen molar-refractivity contribution in [3.63, 3.8) is 0 Å². The number of halogens is 3. The smallest absolute Gasteiger partial charge is 0.142 e. The summed E-state index contributed by atoms with van der Waals surface area (Å²) < 4.78 is 3.12. The minimum atomic E-state index is 0.843. The van der Waals surface area contributed by atoms with E-state index in [1.807, 2.05) is 13.1 Å². The summed E-state index contributed by atoms with van der Waals surface area (Å²) in [7, 11) is 2.03. The molecule has 0 saturated carbocycles. The Bertz CT molecular complexity index is 527. The van der Waals surface area contributed by atoms with Crippen molar-refractivity contribution >= 4 is 64.9 Å². The van der Waals surface area contributed by atoms with Crippen LogP contribution >= 0.6 is 59.1 Å². The minimum absolute atomic E-state index is 0.843. The highest BCUT2D eigenvalue weighted by molar-refractivity contribution is 9.11. The Hall–Kier alpha value is 0.0900. The van der Waals surface area contributed by atoms with E-state index in [4.69, 9.17) is 0 Å². The van der Waals surface area contributed by atoms with Gasteiger partial charge in [0.05, 0.1) is 8.26 Å². The standard InChI is InChI=1S/C11H9Br3N2S/c1-16(5-7-2-10(14)17-6-7)11-9(13)3-8(12)4-15-11/h2-4,6H,5H2,1H3. The van der Waals surface area contributed by atoms with Gasteiger partial charge in [-0.15, -0.1) is 11.3 Å². The van der Waals surface area contributed by atoms with Crippen molar-refractivity contribution in [3.05, 3.63) is 42.0 Å². The van der Waals surface area contributed by atoms with Crippen LogP contribution in [0.2, 0.25) is 0 Å². The molecule has 90 valence electrons. The SMILES string of the molecule is CN(Cc1csc(Br)c1)c1ncc(Br)cc1Br. The van der Waals surface area contributed by atoms with Gasteiger partial charge in [-0.2, -0.15) is 0 Å². The normalized spacial score (nSPS) is 10.6. The third-order valence-corrected chi connectivity index (χ3v) is 4.76. The van der Waals surface area contributed by atoms with Crippen molar-refractivity contribution in [2.24, 2.45) is 0 Å². The fraction of sp³-hybridized carbons (Fsp3) is 0.182. The molecule has 6 heteroatoms. The molecular formula is C11H9Br3N2S. The Balaban J connectivity index is 2.17. The quantitative estimate of drug-likeness (QED) is 0.662. The van der Waals surface area contributed by atoms with Crippen LogP contribution in [0.1, 0.15) is 5.56 Å². The molecule has 0 bridgehead atoms. The van der Waals surface area contributed by atoms with Crippen molar-refractivity contribution in [2.75, 3.05) is 11.9 Å². The maximum absolute atomic E-state index is 4.40. The predicted octanol–water partition coefficient (Wildman–Crippen LogP) is 5.07. The number of thiophene rings is 1. The zero-order valence-electron chi connectivity index (χ0n) is 8.95. The zero-order valence-corrected chi connectivity index (χ0v) is 14.5. The molecule has 0 atom stereocenters. The maximum Gasteiger partial charge on any atom is 0.142 e. The molecule has 2 aromatic heterocycles. The third kappa shape index (κ3) is 3.53. The van der Waals surface area contributed by atoms with E-state index in [9.17, 15) is 0 Å². The second-order valence-electron chi connectivity index (χ2n) is 3.57. The molecule has 0 saturated heterocycles. The fourth-order valence-corrected chi connectivity index (χ4v) is 3.96. The van der Waals surface area contributed by atoms with Crippen LogP contribution in [-0.4, -0.2) is 12.0 Å². The molecule has 0 aliphatic rings. The number of anilines is 1. The summed E-state index contributed by atoms with van der Waals surface area (Å²) in [6.07, 6.45) is 1.81. The van der Waals surface area contributed by atoms with Crippen LogP contribution in [0.5, 0.6) is 0 Å². The van der Waals surface area contributed by atoms with Gasteiger partial charge >= 0.3 is 0 Å². The number of pyridine rings is 1. The van der Waals surface area contributed by atoms with Gasteiger partial charge < -0.3 is 4.90 Å². The molecule has 0 fully saturated rings. The van der Waals surface area contributed by atoms with E-state index in [1.54, 1.807) is 17.5 Å². The van der Waals surface area contributed by atoms with E-state index in [1.165, 1.54) is 5.56 Å². The Labute approximate surface area is 129 Å². The highest BCUT2D eigenvalue weighted by Crippen LogP contribution is 2.28. The fourth-order valence-electron chi connectivity index (χ4n) is 1.47. The molecule has 0 unspecified atom stereocenters. The first-order valence-electron chi connectivity index (χ1n) is 4.81. The number of hydrogen-bond acceptors (Lipinski definition) is 3. The summed E-state index contributed by atoms with van der Waals surface area (Å²) in [5.41, 5.74) is 1.28. The summed E-state index contributed by atoms with van der Waals surface area (Å²) in [6.45, 7) is 0.843. The molecular weight excluding hydrogens is 432 g/mol. The third-order valence-electron chi connectivity index (χ3n) is 2.19. The molecule has 2 nitrogen and oxygen atoms in total. The van der Waals surface area contributed by atoms with E-state index in [0.29, 0.717) is 0 Å². The molecule has 2 rings (SSSR count). The van der Waals surface area contributed by atoms with Crippen LogP contribution in [0, 0.1) is 0 Å². The summed E-state index contributed by atoms with van der Waals surface area (Å²) in [6, 6.07) is 4.14. The van der Waals surface area contributed by atoms with E-state index < -0.39 is 0 Å². The van der Waals surface area contributed by atoms with Crippen LogP contribution in [0.15, 0.2) is 36.4 Å². The average Bonchev–Trinajstić information content (AvgIpc) is 2.63. The number of hydrogen-bond donors (Lipinski definition) is 0. The summed E-state index contributed by atoms with van der Waals surface area (Å²) in [5.74, 6) is 0.940. The topological polar surface area (TPSA) is 16.1 Å². The van der Waals surface area contributed by atoms with Crippen LogP contribution in [0.3, 0.4) is 0 Å². The van der Waals surface area contributed by atoms with Gasteiger partial charge in [-0.1, -0.05) is 0 Å². The number of aromatic nitrogens is 1. The van der Waals surface area contributed by atoms with Gasteiger partial charge in [0.15, 0.2) is 0 Å². The molecule has 0 amide bonds. The van der Waals surface area contributed by atoms with Crippen LogP contribution in [0.25, 0.3) is 0 Å². The van der Waals surface area contributed by atoms with Crippen LogP contribution in [0.4, 0.5) is 5.82 Å². The van der Waals surface area contributed by atoms with Crippen molar-refractivity contribution in [2.45, 2.75) is 6.54 Å². The maximum atomic E-state index is 4.40. The Morgan fingerprint density at radius 3 is 2.65 bits per heavy atom. The minimum Gasteiger partial charge on any atom is -0.354 e. The molecule has 2 heterocycles. The monoisotopic (exact) mass is 438 g/mol. The van der Waals surface area contributed by atoms with Crippen LogP contribution in [-0.2, 0) is 6.54 Å². The van der Waals surface area contributed by atoms with Crippen LogP contribution < -0.4 is 4.90 Å². The van der Waals surface area contributed by atoms with Gasteiger partial charge in [-0.3, -0.25) is 0 Å². The largest absolute Gasteiger partial charge is 0.354 e. The number of rotatable bonds is 3. The zero-order chi connectivity index (χ0) is 12.4. The van der Waals surface area contributed by atoms with Gasteiger partial charge in [0.1, 0.15) is 5.82 Å². The second-order valence-corrected chi connectivity index (χ2v) is 7.63. The van der Waals surface area contributed by atoms with Gasteiger partial charge in [0.25, 0.3) is 0 Å². The second kappa shape index (κ2) is 5.82. The van der Waals surface area contributed by atoms with E-state index in [0.717, 1.165) is 25.1 Å². The molecule has 0 radical (unpaired) electrons. The Kier molecular flexibility index (Phi) is 4.63. The predicted molar refractivity (Wildman–Crippen MR) is 83.8 cm³/mol. The lowest BCUT2D eigenvalue weighted by atomic mass is 10.3. The lowest BCUT2D eigenvalue weighted by molar-refractivity contribution is 0.896. The first kappa shape index (κ1) is 13.5. The molecule has 0 spiro atoms. The summed E-state index contributed by atoms with van der Waals surface area (Å²) in [5, 5.41) is 2.15. The highest BCUT2D eigenvalue weighted by atomic mass is 79.9. The Morgan fingerprint density at radius 2 is 2.06 bits per heavy atom. The van der Waals surface area contributed by atoms with E-state index in [-0.39, 0.29) is 0 Å². The lowest BCUT2D eigenvalue weighted by Gasteiger charge is -2.18. The summed E-state index contributed by atoms with van der Waals surface area (Å²) in [4.78, 5) is 6.52. The summed E-state index contributed by atoms with van der Waals surface area (Å²) >= 11 is 12.1. The van der Waals surface area contributed by atoms with Gasteiger partial charge in [-0.25, -0.2) is 4.98 Å². The van der Waals surface area contributed by atoms with Gasteiger partial charge in [-0.05, 0) is 70.9 Å². The van der Waals surface area contributed by atoms with Gasteiger partial charge in [0, 0.05) is 24.3 Å². The lowest BCUT2D eigenvalue weighted by Crippen LogP contribution is -2.17. The van der Waals surface area contributed by atoms with Gasteiger partial charge in [0.2, 0.25) is 0 Å². The first-order chi connectivity index (χ1) is 8.06. The van der Waals surface area contributed by atoms with Crippen molar-refractivity contribution in [1.29, 1.82) is 0 Å². The molecule has 0 aliphatic heterocycles. The van der Waals surface area contributed by atoms with Crippen molar-refractivity contribution in [3.8, 4) is 0 Å². The molecule has 0 aromatic carbocycles. The molecule has 0 aliphatic carbocycles. The van der Waals surface area contributed by atoms with Crippen molar-refractivity contribution in [1.82, 2.24) is 4.98 Å². The molecule has 17 heavy (non-hydrogen) atoms. The Morgan fingerprint density at radius 1 is 1.29 bits per heavy atom. The average molecular weight is 441 g/mol. The number of nitrogens with zero attached hydrogens (tertiary/aromatic N) is 2.